The van der Waals surface area contributed by atoms with E-state index in [2.05, 4.69) is 15.3 Å². The summed E-state index contributed by atoms with van der Waals surface area (Å²) >= 11 is 1.22. The highest BCUT2D eigenvalue weighted by Gasteiger charge is 2.24. The van der Waals surface area contributed by atoms with Crippen molar-refractivity contribution in [3.05, 3.63) is 95.6 Å². The molecule has 164 valence electrons. The minimum Gasteiger partial charge on any atom is -0.438 e. The molecule has 1 aliphatic rings. The lowest BCUT2D eigenvalue weighted by molar-refractivity contribution is -0.113. The van der Waals surface area contributed by atoms with E-state index in [1.54, 1.807) is 24.3 Å². The number of fused-ring (bicyclic) bond motifs is 2. The van der Waals surface area contributed by atoms with Crippen LogP contribution in [0.25, 0.3) is 11.4 Å². The molecule has 5 nitrogen and oxygen atoms in total. The van der Waals surface area contributed by atoms with Crippen molar-refractivity contribution in [1.29, 1.82) is 0 Å². The number of anilines is 1. The highest BCUT2D eigenvalue weighted by Crippen LogP contribution is 2.40. The molecule has 0 unspecified atom stereocenters. The highest BCUT2D eigenvalue weighted by molar-refractivity contribution is 8.00. The maximum atomic E-state index is 13.9. The van der Waals surface area contributed by atoms with Crippen LogP contribution in [0.2, 0.25) is 0 Å². The molecule has 5 rings (SSSR count). The number of hydrogen-bond donors (Lipinski definition) is 1. The molecule has 33 heavy (non-hydrogen) atoms. The average Bonchev–Trinajstić information content (AvgIpc) is 2.83. The number of aromatic nitrogens is 2. The third-order valence-corrected chi connectivity index (χ3v) is 6.09. The van der Waals surface area contributed by atoms with Crippen LogP contribution in [-0.2, 0) is 11.2 Å². The second-order valence-corrected chi connectivity index (χ2v) is 8.31. The normalized spacial score (nSPS) is 11.8. The van der Waals surface area contributed by atoms with E-state index in [0.29, 0.717) is 34.5 Å². The number of nitrogens with one attached hydrogen (secondary N) is 1. The number of amides is 1. The Kier molecular flexibility index (Phi) is 5.75. The molecular weight excluding hydrogens is 444 g/mol. The van der Waals surface area contributed by atoms with E-state index in [0.717, 1.165) is 11.1 Å². The van der Waals surface area contributed by atoms with E-state index in [1.807, 2.05) is 24.3 Å². The summed E-state index contributed by atoms with van der Waals surface area (Å²) in [4.78, 5) is 21.7. The zero-order valence-electron chi connectivity index (χ0n) is 17.2. The molecule has 1 aliphatic heterocycles. The predicted octanol–water partition coefficient (Wildman–Crippen LogP) is 5.85. The first-order valence-electron chi connectivity index (χ1n) is 10.2. The van der Waals surface area contributed by atoms with Crippen molar-refractivity contribution in [3.8, 4) is 23.0 Å². The van der Waals surface area contributed by atoms with Crippen LogP contribution in [-0.4, -0.2) is 21.6 Å². The molecular formula is C25H17F2N3O2S. The summed E-state index contributed by atoms with van der Waals surface area (Å²) in [7, 11) is 0. The summed E-state index contributed by atoms with van der Waals surface area (Å²) in [6.07, 6.45) is 0.548. The van der Waals surface area contributed by atoms with Gasteiger partial charge in [-0.1, -0.05) is 42.1 Å². The van der Waals surface area contributed by atoms with Crippen LogP contribution < -0.4 is 10.1 Å². The molecule has 1 N–H and O–H groups in total. The first kappa shape index (κ1) is 21.1. The fraction of sp³-hybridized carbons (Fsp3) is 0.0800. The number of rotatable bonds is 5. The molecule has 1 amide bonds. The number of ether oxygens (including phenoxy) is 1. The molecule has 3 aromatic carbocycles. The molecule has 0 bridgehead atoms. The van der Waals surface area contributed by atoms with Crippen molar-refractivity contribution < 1.29 is 18.3 Å². The van der Waals surface area contributed by atoms with E-state index >= 15 is 0 Å². The lowest BCUT2D eigenvalue weighted by Crippen LogP contribution is -2.16. The molecule has 1 aromatic heterocycles. The van der Waals surface area contributed by atoms with Crippen molar-refractivity contribution in [2.24, 2.45) is 0 Å². The smallest absolute Gasteiger partial charge is 0.234 e. The SMILES string of the molecule is O=C(CSc1nc(-c2ccc(F)cc2)nc2c1Cc1ccccc1O2)Nc1ccccc1F. The molecule has 2 heterocycles. The second-order valence-electron chi connectivity index (χ2n) is 7.35. The van der Waals surface area contributed by atoms with Gasteiger partial charge < -0.3 is 10.1 Å². The number of hydrogen-bond acceptors (Lipinski definition) is 5. The Morgan fingerprint density at radius 1 is 0.970 bits per heavy atom. The third-order valence-electron chi connectivity index (χ3n) is 5.07. The van der Waals surface area contributed by atoms with Crippen molar-refractivity contribution in [2.75, 3.05) is 11.1 Å². The number of nitrogens with zero attached hydrogens (tertiary/aromatic N) is 2. The zero-order valence-corrected chi connectivity index (χ0v) is 18.0. The fourth-order valence-electron chi connectivity index (χ4n) is 3.45. The molecule has 0 atom stereocenters. The van der Waals surface area contributed by atoms with Gasteiger partial charge in [0.05, 0.1) is 17.0 Å². The van der Waals surface area contributed by atoms with Gasteiger partial charge in [0.25, 0.3) is 0 Å². The standard InChI is InChI=1S/C25H17F2N3O2S/c26-17-11-9-15(10-12-17)23-29-24-18(13-16-5-1-4-8-21(16)32-24)25(30-23)33-14-22(31)28-20-7-3-2-6-19(20)27/h1-12H,13-14H2,(H,28,31). The van der Waals surface area contributed by atoms with Gasteiger partial charge in [-0.05, 0) is 48.0 Å². The number of thioether (sulfide) groups is 1. The largest absolute Gasteiger partial charge is 0.438 e. The molecule has 4 aromatic rings. The maximum Gasteiger partial charge on any atom is 0.234 e. The predicted molar refractivity (Wildman–Crippen MR) is 123 cm³/mol. The highest BCUT2D eigenvalue weighted by atomic mass is 32.2. The Balaban J connectivity index is 1.45. The van der Waals surface area contributed by atoms with Crippen molar-refractivity contribution in [3.63, 3.8) is 0 Å². The summed E-state index contributed by atoms with van der Waals surface area (Å²) < 4.78 is 33.3. The van der Waals surface area contributed by atoms with Crippen LogP contribution in [0.1, 0.15) is 11.1 Å². The first-order chi connectivity index (χ1) is 16.1. The van der Waals surface area contributed by atoms with Crippen LogP contribution in [0, 0.1) is 11.6 Å². The summed E-state index contributed by atoms with van der Waals surface area (Å²) in [6.45, 7) is 0. The van der Waals surface area contributed by atoms with Gasteiger partial charge >= 0.3 is 0 Å². The van der Waals surface area contributed by atoms with Gasteiger partial charge in [0.1, 0.15) is 22.4 Å². The van der Waals surface area contributed by atoms with Crippen LogP contribution in [0.5, 0.6) is 11.6 Å². The van der Waals surface area contributed by atoms with Crippen LogP contribution >= 0.6 is 11.8 Å². The first-order valence-corrected chi connectivity index (χ1v) is 11.1. The van der Waals surface area contributed by atoms with E-state index < -0.39 is 5.82 Å². The van der Waals surface area contributed by atoms with Gasteiger partial charge in [0, 0.05) is 12.0 Å². The summed E-state index contributed by atoms with van der Waals surface area (Å²) in [5.41, 5.74) is 2.50. The molecule has 0 fully saturated rings. The lowest BCUT2D eigenvalue weighted by atomic mass is 10.0. The summed E-state index contributed by atoms with van der Waals surface area (Å²) in [5.74, 6) is 0.271. The molecule has 0 radical (unpaired) electrons. The van der Waals surface area contributed by atoms with Crippen LogP contribution in [0.3, 0.4) is 0 Å². The van der Waals surface area contributed by atoms with Gasteiger partial charge in [0.15, 0.2) is 5.82 Å². The van der Waals surface area contributed by atoms with Gasteiger partial charge in [-0.3, -0.25) is 4.79 Å². The van der Waals surface area contributed by atoms with Gasteiger partial charge in [0.2, 0.25) is 11.8 Å². The number of para-hydroxylation sites is 2. The second kappa shape index (κ2) is 8.99. The Morgan fingerprint density at radius 3 is 2.55 bits per heavy atom. The Hall–Kier alpha value is -3.78. The zero-order chi connectivity index (χ0) is 22.8. The van der Waals surface area contributed by atoms with Crippen molar-refractivity contribution in [2.45, 2.75) is 11.4 Å². The van der Waals surface area contributed by atoms with E-state index in [4.69, 9.17) is 4.74 Å². The Bertz CT molecular complexity index is 1350. The minimum atomic E-state index is -0.501. The van der Waals surface area contributed by atoms with Gasteiger partial charge in [-0.15, -0.1) is 0 Å². The quantitative estimate of drug-likeness (QED) is 0.263. The molecule has 0 spiro atoms. The number of benzene rings is 3. The van der Waals surface area contributed by atoms with Gasteiger partial charge in [-0.25, -0.2) is 13.8 Å². The third kappa shape index (κ3) is 4.56. The van der Waals surface area contributed by atoms with Crippen molar-refractivity contribution >= 4 is 23.4 Å². The minimum absolute atomic E-state index is 0.0162. The topological polar surface area (TPSA) is 64.1 Å². The monoisotopic (exact) mass is 461 g/mol. The molecule has 0 aliphatic carbocycles. The Morgan fingerprint density at radius 2 is 1.73 bits per heavy atom. The van der Waals surface area contributed by atoms with Crippen molar-refractivity contribution in [1.82, 2.24) is 9.97 Å². The van der Waals surface area contributed by atoms with Gasteiger partial charge in [-0.2, -0.15) is 4.98 Å². The summed E-state index contributed by atoms with van der Waals surface area (Å²) in [6, 6.07) is 19.5. The number of carbonyl (C=O) groups excluding carboxylic acids is 1. The molecule has 8 heteroatoms. The van der Waals surface area contributed by atoms with E-state index in [9.17, 15) is 13.6 Å². The average molecular weight is 461 g/mol. The fourth-order valence-corrected chi connectivity index (χ4v) is 4.28. The molecule has 0 saturated carbocycles. The maximum absolute atomic E-state index is 13.9. The molecule has 0 saturated heterocycles. The van der Waals surface area contributed by atoms with E-state index in [-0.39, 0.29) is 23.2 Å². The van der Waals surface area contributed by atoms with E-state index in [1.165, 1.54) is 36.0 Å². The summed E-state index contributed by atoms with van der Waals surface area (Å²) in [5, 5.41) is 3.16. The number of carbonyl (C=O) groups is 1. The lowest BCUT2D eigenvalue weighted by Gasteiger charge is -2.21. The Labute approximate surface area is 192 Å². The van der Waals surface area contributed by atoms with Crippen LogP contribution in [0.15, 0.2) is 77.8 Å². The van der Waals surface area contributed by atoms with Crippen LogP contribution in [0.4, 0.5) is 14.5 Å². The number of halogens is 2.